The molecule has 1 unspecified atom stereocenters. The van der Waals surface area contributed by atoms with Crippen molar-refractivity contribution in [1.29, 1.82) is 0 Å². The maximum absolute atomic E-state index is 10.3. The van der Waals surface area contributed by atoms with E-state index in [2.05, 4.69) is 27.4 Å². The molecule has 0 spiro atoms. The molecule has 0 N–H and O–H groups in total. The topological polar surface area (TPSA) is 17.1 Å². The minimum absolute atomic E-state index is 0.362. The van der Waals surface area contributed by atoms with Crippen molar-refractivity contribution < 1.29 is 4.79 Å². The molecule has 0 aromatic rings. The van der Waals surface area contributed by atoms with Crippen molar-refractivity contribution in [3.05, 3.63) is 12.2 Å². The van der Waals surface area contributed by atoms with Crippen LogP contribution in [-0.4, -0.2) is 6.29 Å². The lowest BCUT2D eigenvalue weighted by Gasteiger charge is -2.10. The number of allylic oxidation sites excluding steroid dienone is 1. The molecule has 0 aromatic carbocycles. The first kappa shape index (κ1) is 11.4. The molecule has 0 aliphatic rings. The first-order valence-corrected chi connectivity index (χ1v) is 4.72. The fraction of sp³-hybridized carbons (Fsp3) is 0.727. The zero-order valence-corrected chi connectivity index (χ0v) is 8.47. The minimum Gasteiger partial charge on any atom is -0.298 e. The molecule has 0 heterocycles. The highest BCUT2D eigenvalue weighted by atomic mass is 16.1. The highest BCUT2D eigenvalue weighted by Crippen LogP contribution is 2.16. The van der Waals surface area contributed by atoms with Crippen molar-refractivity contribution in [2.75, 3.05) is 0 Å². The van der Waals surface area contributed by atoms with Crippen LogP contribution >= 0.6 is 0 Å². The van der Waals surface area contributed by atoms with Gasteiger partial charge in [0.25, 0.3) is 0 Å². The Balaban J connectivity index is 3.50. The van der Waals surface area contributed by atoms with Gasteiger partial charge in [-0.15, -0.1) is 0 Å². The largest absolute Gasteiger partial charge is 0.298 e. The van der Waals surface area contributed by atoms with Crippen LogP contribution < -0.4 is 0 Å². The zero-order chi connectivity index (χ0) is 9.56. The van der Waals surface area contributed by atoms with Crippen molar-refractivity contribution in [1.82, 2.24) is 0 Å². The number of rotatable bonds is 6. The summed E-state index contributed by atoms with van der Waals surface area (Å²) in [4.78, 5) is 10.3. The maximum atomic E-state index is 10.3. The number of carbonyl (C=O) groups excluding carboxylic acids is 1. The molecule has 0 aromatic heterocycles. The Hall–Kier alpha value is -0.590. The third-order valence-electron chi connectivity index (χ3n) is 2.20. The molecular formula is C11H20O. The Kier molecular flexibility index (Phi) is 5.69. The van der Waals surface area contributed by atoms with Crippen LogP contribution in [0.25, 0.3) is 0 Å². The molecule has 1 heteroatoms. The second kappa shape index (κ2) is 5.99. The third kappa shape index (κ3) is 5.11. The predicted octanol–water partition coefficient (Wildman–Crippen LogP) is 3.20. The van der Waals surface area contributed by atoms with Crippen LogP contribution in [0.1, 0.15) is 40.0 Å². The smallest absolute Gasteiger partial charge is 0.145 e. The van der Waals surface area contributed by atoms with E-state index in [1.54, 1.807) is 0 Å². The van der Waals surface area contributed by atoms with E-state index in [9.17, 15) is 4.79 Å². The lowest BCUT2D eigenvalue weighted by Crippen LogP contribution is -2.00. The summed E-state index contributed by atoms with van der Waals surface area (Å²) in [5.74, 6) is 1.13. The fourth-order valence-corrected chi connectivity index (χ4v) is 1.13. The normalized spacial score (nSPS) is 13.0. The second-order valence-electron chi connectivity index (χ2n) is 3.92. The van der Waals surface area contributed by atoms with Gasteiger partial charge in [0.2, 0.25) is 0 Å². The van der Waals surface area contributed by atoms with E-state index in [1.165, 1.54) is 12.8 Å². The van der Waals surface area contributed by atoms with Crippen LogP contribution in [0, 0.1) is 11.8 Å². The highest BCUT2D eigenvalue weighted by Gasteiger charge is 2.05. The molecule has 0 saturated heterocycles. The van der Waals surface area contributed by atoms with E-state index in [4.69, 9.17) is 0 Å². The van der Waals surface area contributed by atoms with Crippen molar-refractivity contribution in [3.8, 4) is 0 Å². The first-order chi connectivity index (χ1) is 5.57. The molecule has 1 nitrogen and oxygen atoms in total. The van der Waals surface area contributed by atoms with Crippen LogP contribution in [0.3, 0.4) is 0 Å². The Morgan fingerprint density at radius 2 is 1.92 bits per heavy atom. The van der Waals surface area contributed by atoms with Crippen molar-refractivity contribution in [2.45, 2.75) is 40.0 Å². The maximum Gasteiger partial charge on any atom is 0.145 e. The number of aldehydes is 1. The highest BCUT2D eigenvalue weighted by molar-refractivity contribution is 5.72. The monoisotopic (exact) mass is 168 g/mol. The fourth-order valence-electron chi connectivity index (χ4n) is 1.13. The van der Waals surface area contributed by atoms with Gasteiger partial charge in [-0.3, -0.25) is 4.79 Å². The number of hydrogen-bond donors (Lipinski definition) is 0. The van der Waals surface area contributed by atoms with Gasteiger partial charge >= 0.3 is 0 Å². The Bertz CT molecular complexity index is 147. The van der Waals surface area contributed by atoms with Crippen LogP contribution in [0.2, 0.25) is 0 Å². The first-order valence-electron chi connectivity index (χ1n) is 4.72. The summed E-state index contributed by atoms with van der Waals surface area (Å²) in [5.41, 5.74) is 0.735. The molecule has 0 amide bonds. The van der Waals surface area contributed by atoms with Crippen molar-refractivity contribution in [2.24, 2.45) is 11.8 Å². The summed E-state index contributed by atoms with van der Waals surface area (Å²) in [5, 5.41) is 0. The van der Waals surface area contributed by atoms with Gasteiger partial charge in [-0.05, 0) is 23.8 Å². The average molecular weight is 168 g/mol. The van der Waals surface area contributed by atoms with Gasteiger partial charge < -0.3 is 0 Å². The van der Waals surface area contributed by atoms with Gasteiger partial charge in [0.15, 0.2) is 0 Å². The van der Waals surface area contributed by atoms with Crippen LogP contribution in [0.5, 0.6) is 0 Å². The molecule has 0 saturated carbocycles. The number of carbonyl (C=O) groups is 1. The van der Waals surface area contributed by atoms with Crippen LogP contribution in [0.15, 0.2) is 12.2 Å². The molecule has 0 rings (SSSR count). The average Bonchev–Trinajstić information content (AvgIpc) is 2.02. The van der Waals surface area contributed by atoms with E-state index < -0.39 is 0 Å². The molecule has 0 fully saturated rings. The Morgan fingerprint density at radius 1 is 1.33 bits per heavy atom. The zero-order valence-electron chi connectivity index (χ0n) is 8.47. The minimum atomic E-state index is 0.362. The Morgan fingerprint density at radius 3 is 2.33 bits per heavy atom. The molecule has 1 atom stereocenters. The van der Waals surface area contributed by atoms with Gasteiger partial charge in [-0.1, -0.05) is 40.2 Å². The van der Waals surface area contributed by atoms with Crippen molar-refractivity contribution >= 4 is 6.29 Å². The molecule has 12 heavy (non-hydrogen) atoms. The number of hydrogen-bond acceptors (Lipinski definition) is 1. The van der Waals surface area contributed by atoms with Gasteiger partial charge in [0.05, 0.1) is 0 Å². The van der Waals surface area contributed by atoms with Gasteiger partial charge in [-0.2, -0.15) is 0 Å². The van der Waals surface area contributed by atoms with E-state index in [1.807, 2.05) is 0 Å². The standard InChI is InChI=1S/C11H20O/c1-9(2)6-5-7-10(3)11(4)8-12/h8-10H,4-7H2,1-3H3. The SMILES string of the molecule is C=C(C=O)C(C)CCCC(C)C. The third-order valence-corrected chi connectivity index (χ3v) is 2.20. The summed E-state index contributed by atoms with van der Waals surface area (Å²) in [7, 11) is 0. The van der Waals surface area contributed by atoms with Gasteiger partial charge in [-0.25, -0.2) is 0 Å². The summed E-state index contributed by atoms with van der Waals surface area (Å²) in [6.07, 6.45) is 4.41. The van der Waals surface area contributed by atoms with Crippen molar-refractivity contribution in [3.63, 3.8) is 0 Å². The molecular weight excluding hydrogens is 148 g/mol. The van der Waals surface area contributed by atoms with Crippen LogP contribution in [0.4, 0.5) is 0 Å². The summed E-state index contributed by atoms with van der Waals surface area (Å²) in [6.45, 7) is 10.2. The van der Waals surface area contributed by atoms with Crippen LogP contribution in [-0.2, 0) is 4.79 Å². The molecule has 70 valence electrons. The molecule has 0 aliphatic carbocycles. The lowest BCUT2D eigenvalue weighted by molar-refractivity contribution is -0.105. The van der Waals surface area contributed by atoms with Gasteiger partial charge in [0.1, 0.15) is 6.29 Å². The van der Waals surface area contributed by atoms with E-state index in [0.29, 0.717) is 5.92 Å². The van der Waals surface area contributed by atoms with Gasteiger partial charge in [0, 0.05) is 0 Å². The predicted molar refractivity (Wildman–Crippen MR) is 53.1 cm³/mol. The molecule has 0 radical (unpaired) electrons. The quantitative estimate of drug-likeness (QED) is 0.439. The summed E-state index contributed by atoms with van der Waals surface area (Å²) >= 11 is 0. The molecule has 0 bridgehead atoms. The van der Waals surface area contributed by atoms with E-state index in [0.717, 1.165) is 24.2 Å². The second-order valence-corrected chi connectivity index (χ2v) is 3.92. The molecule has 0 aliphatic heterocycles. The van der Waals surface area contributed by atoms with E-state index in [-0.39, 0.29) is 0 Å². The Labute approximate surface area is 75.9 Å². The summed E-state index contributed by atoms with van der Waals surface area (Å²) in [6, 6.07) is 0. The lowest BCUT2D eigenvalue weighted by atomic mass is 9.95. The van der Waals surface area contributed by atoms with E-state index >= 15 is 0 Å². The summed E-state index contributed by atoms with van der Waals surface area (Å²) < 4.78 is 0.